The van der Waals surface area contributed by atoms with E-state index < -0.39 is 23.9 Å². The van der Waals surface area contributed by atoms with Crippen molar-refractivity contribution in [2.75, 3.05) is 18.5 Å². The van der Waals surface area contributed by atoms with Crippen molar-refractivity contribution in [2.24, 2.45) is 0 Å². The molecule has 2 aromatic carbocycles. The molecule has 2 amide bonds. The van der Waals surface area contributed by atoms with Crippen LogP contribution in [0.3, 0.4) is 0 Å². The van der Waals surface area contributed by atoms with Gasteiger partial charge >= 0.3 is 5.97 Å². The largest absolute Gasteiger partial charge is 0.493 e. The first kappa shape index (κ1) is 21.2. The van der Waals surface area contributed by atoms with Crippen molar-refractivity contribution < 1.29 is 23.9 Å². The van der Waals surface area contributed by atoms with E-state index in [0.717, 1.165) is 0 Å². The molecule has 0 unspecified atom stereocenters. The second-order valence-corrected chi connectivity index (χ2v) is 6.18. The van der Waals surface area contributed by atoms with Crippen LogP contribution in [-0.2, 0) is 14.3 Å². The fraction of sp³-hybridized carbons (Fsp3) is 0.250. The first-order chi connectivity index (χ1) is 13.4. The quantitative estimate of drug-likeness (QED) is 0.659. The van der Waals surface area contributed by atoms with Crippen molar-refractivity contribution in [2.45, 2.75) is 20.0 Å². The third kappa shape index (κ3) is 6.28. The second-order valence-electron chi connectivity index (χ2n) is 5.74. The van der Waals surface area contributed by atoms with Crippen LogP contribution in [0.2, 0.25) is 5.02 Å². The highest BCUT2D eigenvalue weighted by Gasteiger charge is 2.19. The zero-order valence-electron chi connectivity index (χ0n) is 15.5. The molecule has 2 rings (SSSR count). The van der Waals surface area contributed by atoms with E-state index >= 15 is 0 Å². The molecule has 0 fully saturated rings. The van der Waals surface area contributed by atoms with Crippen LogP contribution in [0.5, 0.6) is 5.75 Å². The number of anilines is 1. The van der Waals surface area contributed by atoms with Crippen LogP contribution in [0.15, 0.2) is 48.5 Å². The predicted molar refractivity (Wildman–Crippen MR) is 106 cm³/mol. The number of carbonyl (C=O) groups is 3. The van der Waals surface area contributed by atoms with E-state index in [2.05, 4.69) is 10.6 Å². The number of esters is 1. The lowest BCUT2D eigenvalue weighted by atomic mass is 10.2. The summed E-state index contributed by atoms with van der Waals surface area (Å²) in [5.74, 6) is -1.28. The van der Waals surface area contributed by atoms with Crippen molar-refractivity contribution >= 4 is 35.1 Å². The summed E-state index contributed by atoms with van der Waals surface area (Å²) in [5, 5.41) is 5.61. The summed E-state index contributed by atoms with van der Waals surface area (Å²) in [6, 6.07) is 13.2. The number of hydrogen-bond acceptors (Lipinski definition) is 5. The van der Waals surface area contributed by atoms with Crippen molar-refractivity contribution in [3.8, 4) is 5.75 Å². The maximum atomic E-state index is 12.2. The van der Waals surface area contributed by atoms with Crippen LogP contribution in [0.1, 0.15) is 24.2 Å². The third-order valence-corrected chi connectivity index (χ3v) is 3.87. The van der Waals surface area contributed by atoms with E-state index in [0.29, 0.717) is 28.6 Å². The van der Waals surface area contributed by atoms with Gasteiger partial charge in [0.2, 0.25) is 0 Å². The van der Waals surface area contributed by atoms with Crippen molar-refractivity contribution in [1.82, 2.24) is 5.32 Å². The fourth-order valence-corrected chi connectivity index (χ4v) is 2.38. The van der Waals surface area contributed by atoms with E-state index in [4.69, 9.17) is 21.1 Å². The summed E-state index contributed by atoms with van der Waals surface area (Å²) < 4.78 is 10.4. The lowest BCUT2D eigenvalue weighted by Crippen LogP contribution is -2.36. The van der Waals surface area contributed by atoms with Crippen LogP contribution < -0.4 is 15.4 Å². The van der Waals surface area contributed by atoms with Crippen LogP contribution in [0.4, 0.5) is 5.69 Å². The number of benzene rings is 2. The smallest absolute Gasteiger partial charge is 0.326 e. The molecule has 0 aliphatic carbocycles. The van der Waals surface area contributed by atoms with Gasteiger partial charge in [-0.15, -0.1) is 0 Å². The number of para-hydroxylation sites is 1. The number of carbonyl (C=O) groups excluding carboxylic acids is 3. The Morgan fingerprint density at radius 3 is 2.43 bits per heavy atom. The Bertz CT molecular complexity index is 839. The molecule has 7 nitrogen and oxygen atoms in total. The predicted octanol–water partition coefficient (Wildman–Crippen LogP) is 3.04. The zero-order valence-corrected chi connectivity index (χ0v) is 16.3. The molecule has 28 heavy (non-hydrogen) atoms. The molecule has 8 heteroatoms. The minimum atomic E-state index is -1.03. The molecule has 0 heterocycles. The van der Waals surface area contributed by atoms with Crippen molar-refractivity contribution in [3.05, 3.63) is 59.1 Å². The minimum Gasteiger partial charge on any atom is -0.493 e. The van der Waals surface area contributed by atoms with E-state index in [1.54, 1.807) is 48.5 Å². The maximum absolute atomic E-state index is 12.2. The standard InChI is InChI=1S/C20H21ClN2O5/c1-3-27-17-7-5-4-6-16(17)20(26)22-12-18(24)28-13(2)19(25)23-15-10-8-14(21)9-11-15/h4-11,13H,3,12H2,1-2H3,(H,22,26)(H,23,25)/t13-/m0/s1. The molecular formula is C20H21ClN2O5. The zero-order chi connectivity index (χ0) is 20.5. The molecule has 0 aromatic heterocycles. The molecule has 2 aromatic rings. The average Bonchev–Trinajstić information content (AvgIpc) is 2.68. The van der Waals surface area contributed by atoms with Gasteiger partial charge in [0.05, 0.1) is 12.2 Å². The number of halogens is 1. The Balaban J connectivity index is 1.83. The summed E-state index contributed by atoms with van der Waals surface area (Å²) in [6.07, 6.45) is -1.03. The maximum Gasteiger partial charge on any atom is 0.326 e. The number of rotatable bonds is 8. The number of ether oxygens (including phenoxy) is 2. The molecule has 2 N–H and O–H groups in total. The van der Waals surface area contributed by atoms with Crippen LogP contribution in [-0.4, -0.2) is 37.0 Å². The van der Waals surface area contributed by atoms with Gasteiger partial charge in [0.25, 0.3) is 11.8 Å². The first-order valence-electron chi connectivity index (χ1n) is 8.66. The molecule has 0 radical (unpaired) electrons. The van der Waals surface area contributed by atoms with Crippen LogP contribution in [0.25, 0.3) is 0 Å². The van der Waals surface area contributed by atoms with E-state index in [1.165, 1.54) is 6.92 Å². The Hall–Kier alpha value is -3.06. The van der Waals surface area contributed by atoms with Gasteiger partial charge in [-0.25, -0.2) is 0 Å². The number of amides is 2. The van der Waals surface area contributed by atoms with E-state index in [1.807, 2.05) is 6.92 Å². The normalized spacial score (nSPS) is 11.2. The molecular weight excluding hydrogens is 384 g/mol. The minimum absolute atomic E-state index is 0.311. The molecule has 148 valence electrons. The summed E-state index contributed by atoms with van der Waals surface area (Å²) in [5.41, 5.74) is 0.837. The molecule has 0 spiro atoms. The summed E-state index contributed by atoms with van der Waals surface area (Å²) in [4.78, 5) is 36.3. The summed E-state index contributed by atoms with van der Waals surface area (Å²) >= 11 is 5.79. The second kappa shape index (κ2) is 10.3. The van der Waals surface area contributed by atoms with Gasteiger partial charge < -0.3 is 20.1 Å². The van der Waals surface area contributed by atoms with Gasteiger partial charge in [-0.1, -0.05) is 23.7 Å². The fourth-order valence-electron chi connectivity index (χ4n) is 2.25. The monoisotopic (exact) mass is 404 g/mol. The lowest BCUT2D eigenvalue weighted by Gasteiger charge is -2.14. The Morgan fingerprint density at radius 2 is 1.75 bits per heavy atom. The number of hydrogen-bond donors (Lipinski definition) is 2. The summed E-state index contributed by atoms with van der Waals surface area (Å²) in [7, 11) is 0. The average molecular weight is 405 g/mol. The molecule has 0 bridgehead atoms. The van der Waals surface area contributed by atoms with Gasteiger partial charge in [0.1, 0.15) is 12.3 Å². The SMILES string of the molecule is CCOc1ccccc1C(=O)NCC(=O)O[C@@H](C)C(=O)Nc1ccc(Cl)cc1. The molecule has 0 saturated carbocycles. The van der Waals surface area contributed by atoms with Gasteiger partial charge in [-0.05, 0) is 50.2 Å². The molecule has 0 aliphatic heterocycles. The van der Waals surface area contributed by atoms with Gasteiger partial charge in [-0.3, -0.25) is 14.4 Å². The van der Waals surface area contributed by atoms with Crippen molar-refractivity contribution in [3.63, 3.8) is 0 Å². The molecule has 0 saturated heterocycles. The topological polar surface area (TPSA) is 93.7 Å². The van der Waals surface area contributed by atoms with Gasteiger partial charge in [0, 0.05) is 10.7 Å². The molecule has 0 aliphatic rings. The Kier molecular flexibility index (Phi) is 7.83. The first-order valence-corrected chi connectivity index (χ1v) is 9.04. The summed E-state index contributed by atoms with van der Waals surface area (Å²) in [6.45, 7) is 3.28. The molecule has 1 atom stereocenters. The van der Waals surface area contributed by atoms with Crippen molar-refractivity contribution in [1.29, 1.82) is 0 Å². The Labute approximate surface area is 168 Å². The highest BCUT2D eigenvalue weighted by Crippen LogP contribution is 2.17. The lowest BCUT2D eigenvalue weighted by molar-refractivity contribution is -0.152. The van der Waals surface area contributed by atoms with E-state index in [9.17, 15) is 14.4 Å². The highest BCUT2D eigenvalue weighted by molar-refractivity contribution is 6.30. The van der Waals surface area contributed by atoms with Crippen LogP contribution >= 0.6 is 11.6 Å². The van der Waals surface area contributed by atoms with E-state index in [-0.39, 0.29) is 6.54 Å². The number of nitrogens with one attached hydrogen (secondary N) is 2. The third-order valence-electron chi connectivity index (χ3n) is 3.61. The van der Waals surface area contributed by atoms with Gasteiger partial charge in [-0.2, -0.15) is 0 Å². The van der Waals surface area contributed by atoms with Gasteiger partial charge in [0.15, 0.2) is 6.10 Å². The Morgan fingerprint density at radius 1 is 1.07 bits per heavy atom. The highest BCUT2D eigenvalue weighted by atomic mass is 35.5. The van der Waals surface area contributed by atoms with Crippen LogP contribution in [0, 0.1) is 0 Å².